The van der Waals surface area contributed by atoms with Crippen LogP contribution in [0, 0.1) is 0 Å². The zero-order chi connectivity index (χ0) is 23.8. The summed E-state index contributed by atoms with van der Waals surface area (Å²) in [6.45, 7) is 8.72. The van der Waals surface area contributed by atoms with E-state index in [2.05, 4.69) is 22.1 Å². The Kier molecular flexibility index (Phi) is 7.97. The molecule has 6 nitrogen and oxygen atoms in total. The minimum absolute atomic E-state index is 0. The van der Waals surface area contributed by atoms with Crippen molar-refractivity contribution in [1.29, 1.82) is 0 Å². The number of halogens is 3. The summed E-state index contributed by atoms with van der Waals surface area (Å²) in [6.07, 6.45) is 1.51. The number of benzene rings is 1. The average Bonchev–Trinajstić information content (AvgIpc) is 3.07. The van der Waals surface area contributed by atoms with Crippen molar-refractivity contribution in [2.24, 2.45) is 0 Å². The molecule has 1 fully saturated rings. The van der Waals surface area contributed by atoms with Crippen LogP contribution < -0.4 is 10.2 Å². The van der Waals surface area contributed by atoms with E-state index in [-0.39, 0.29) is 53.6 Å². The van der Waals surface area contributed by atoms with Gasteiger partial charge in [-0.15, -0.1) is 12.4 Å². The number of nitrogens with one attached hydrogen (secondary N) is 1. The van der Waals surface area contributed by atoms with E-state index in [0.29, 0.717) is 18.8 Å². The van der Waals surface area contributed by atoms with Crippen LogP contribution in [0.25, 0.3) is 0 Å². The fourth-order valence-corrected chi connectivity index (χ4v) is 4.79. The molecule has 2 aliphatic rings. The van der Waals surface area contributed by atoms with Gasteiger partial charge in [-0.05, 0) is 13.0 Å². The minimum atomic E-state index is -3.25. The first-order valence-corrected chi connectivity index (χ1v) is 11.3. The van der Waals surface area contributed by atoms with Gasteiger partial charge in [0.15, 0.2) is 0 Å². The number of carbonyl (C=O) groups excluding carboxylic acids is 1. The third-order valence-corrected chi connectivity index (χ3v) is 6.64. The smallest absolute Gasteiger partial charge is 0.314 e. The number of fused-ring (bicyclic) bond motifs is 1. The summed E-state index contributed by atoms with van der Waals surface area (Å²) in [5, 5.41) is 3.42. The van der Waals surface area contributed by atoms with Crippen LogP contribution in [0.3, 0.4) is 0 Å². The Morgan fingerprint density at radius 1 is 1.29 bits per heavy atom. The summed E-state index contributed by atoms with van der Waals surface area (Å²) in [5.74, 6) is -3.35. The number of hydrogen-bond donors (Lipinski definition) is 1. The van der Waals surface area contributed by atoms with E-state index in [4.69, 9.17) is 4.74 Å². The zero-order valence-electron chi connectivity index (χ0n) is 20.1. The lowest BCUT2D eigenvalue weighted by Crippen LogP contribution is -2.59. The molecule has 9 heteroatoms. The maximum absolute atomic E-state index is 15.2. The third kappa shape index (κ3) is 5.10. The van der Waals surface area contributed by atoms with Gasteiger partial charge in [0.05, 0.1) is 18.8 Å². The van der Waals surface area contributed by atoms with Crippen LogP contribution in [0.2, 0.25) is 0 Å². The lowest BCUT2D eigenvalue weighted by molar-refractivity contribution is -0.121. The quantitative estimate of drug-likeness (QED) is 0.665. The highest BCUT2D eigenvalue weighted by molar-refractivity contribution is 5.97. The summed E-state index contributed by atoms with van der Waals surface area (Å²) in [6, 6.07) is 9.39. The number of pyridine rings is 1. The zero-order valence-corrected chi connectivity index (χ0v) is 20.9. The number of ether oxygens (including phenoxy) is 1. The molecule has 0 aliphatic carbocycles. The first-order chi connectivity index (χ1) is 15.6. The molecule has 186 valence electrons. The molecular weight excluding hydrogens is 462 g/mol. The van der Waals surface area contributed by atoms with Gasteiger partial charge < -0.3 is 15.0 Å². The number of nitrogens with zero attached hydrogens (tertiary/aromatic N) is 3. The number of alkyl halides is 2. The van der Waals surface area contributed by atoms with E-state index < -0.39 is 5.92 Å². The Balaban J connectivity index is 0.00000324. The molecule has 34 heavy (non-hydrogen) atoms. The number of amides is 1. The number of anilines is 1. The topological polar surface area (TPSA) is 57.7 Å². The molecule has 0 unspecified atom stereocenters. The lowest BCUT2D eigenvalue weighted by Gasteiger charge is -2.39. The molecular formula is C25H33ClF2N4O2. The van der Waals surface area contributed by atoms with Crippen molar-refractivity contribution in [2.45, 2.75) is 44.2 Å². The number of carbonyl (C=O) groups is 1. The summed E-state index contributed by atoms with van der Waals surface area (Å²) < 4.78 is 35.8. The van der Waals surface area contributed by atoms with Crippen LogP contribution in [0.1, 0.15) is 37.6 Å². The molecule has 3 heterocycles. The largest absolute Gasteiger partial charge is 0.383 e. The molecule has 0 saturated carbocycles. The maximum Gasteiger partial charge on any atom is 0.314 e. The normalized spacial score (nSPS) is 22.2. The van der Waals surface area contributed by atoms with E-state index in [1.54, 1.807) is 30.2 Å². The van der Waals surface area contributed by atoms with Crippen LogP contribution >= 0.6 is 12.4 Å². The fraction of sp³-hybridized carbons (Fsp3) is 0.520. The molecule has 1 N–H and O–H groups in total. The molecule has 0 spiro atoms. The van der Waals surface area contributed by atoms with Crippen molar-refractivity contribution in [3.8, 4) is 0 Å². The molecule has 2 aromatic rings. The number of rotatable bonds is 6. The van der Waals surface area contributed by atoms with Crippen molar-refractivity contribution in [3.63, 3.8) is 0 Å². The van der Waals surface area contributed by atoms with Gasteiger partial charge in [0.2, 0.25) is 5.91 Å². The molecule has 1 amide bonds. The van der Waals surface area contributed by atoms with Gasteiger partial charge in [-0.3, -0.25) is 14.7 Å². The lowest BCUT2D eigenvalue weighted by atomic mass is 9.88. The second-order valence-corrected chi connectivity index (χ2v) is 9.74. The van der Waals surface area contributed by atoms with Gasteiger partial charge in [0, 0.05) is 61.6 Å². The Morgan fingerprint density at radius 2 is 2.00 bits per heavy atom. The predicted molar refractivity (Wildman–Crippen MR) is 131 cm³/mol. The highest BCUT2D eigenvalue weighted by Gasteiger charge is 2.43. The number of methoxy groups -OCH3 is 1. The molecule has 0 bridgehead atoms. The second kappa shape index (κ2) is 10.2. The number of hydrogen-bond acceptors (Lipinski definition) is 5. The predicted octanol–water partition coefficient (Wildman–Crippen LogP) is 3.58. The molecule has 1 aromatic carbocycles. The van der Waals surface area contributed by atoms with Gasteiger partial charge in [0.25, 0.3) is 0 Å². The molecule has 0 radical (unpaired) electrons. The van der Waals surface area contributed by atoms with Crippen LogP contribution in [0.5, 0.6) is 0 Å². The van der Waals surface area contributed by atoms with E-state index in [1.807, 2.05) is 13.8 Å². The van der Waals surface area contributed by atoms with Gasteiger partial charge in [0.1, 0.15) is 5.69 Å². The monoisotopic (exact) mass is 494 g/mol. The Bertz CT molecular complexity index is 1010. The van der Waals surface area contributed by atoms with E-state index in [1.165, 1.54) is 24.4 Å². The number of aromatic nitrogens is 1. The molecule has 4 rings (SSSR count). The van der Waals surface area contributed by atoms with Crippen LogP contribution in [-0.4, -0.2) is 67.8 Å². The first kappa shape index (κ1) is 26.5. The van der Waals surface area contributed by atoms with E-state index >= 15 is 8.78 Å². The van der Waals surface area contributed by atoms with Gasteiger partial charge in [-0.25, -0.2) is 0 Å². The Hall–Kier alpha value is -2.13. The number of piperazine rings is 1. The third-order valence-electron chi connectivity index (χ3n) is 6.64. The van der Waals surface area contributed by atoms with Crippen molar-refractivity contribution in [2.75, 3.05) is 44.8 Å². The average molecular weight is 495 g/mol. The van der Waals surface area contributed by atoms with Crippen molar-refractivity contribution in [3.05, 3.63) is 59.4 Å². The molecule has 2 atom stereocenters. The van der Waals surface area contributed by atoms with Gasteiger partial charge in [-0.2, -0.15) is 8.78 Å². The maximum atomic E-state index is 15.2. The van der Waals surface area contributed by atoms with Crippen molar-refractivity contribution in [1.82, 2.24) is 15.2 Å². The van der Waals surface area contributed by atoms with Crippen LogP contribution in [-0.2, 0) is 20.9 Å². The van der Waals surface area contributed by atoms with Gasteiger partial charge >= 0.3 is 5.92 Å². The minimum Gasteiger partial charge on any atom is -0.383 e. The van der Waals surface area contributed by atoms with Crippen molar-refractivity contribution >= 4 is 24.0 Å². The summed E-state index contributed by atoms with van der Waals surface area (Å²) in [4.78, 5) is 21.4. The van der Waals surface area contributed by atoms with Crippen molar-refractivity contribution < 1.29 is 18.3 Å². The molecule has 2 aliphatic heterocycles. The molecule has 1 saturated heterocycles. The highest BCUT2D eigenvalue weighted by Crippen LogP contribution is 2.43. The van der Waals surface area contributed by atoms with E-state index in [9.17, 15) is 4.79 Å². The Morgan fingerprint density at radius 3 is 2.68 bits per heavy atom. The Labute approximate surface area is 206 Å². The standard InChI is InChI=1S/C25H32F2N4O2.ClH/c1-17-13-30(19(11-28-17)15-33-4)14-23(32)31-16-24(2,3)20-12-29-22(10-21(20)31)25(26,27)18-8-6-5-7-9-18;/h5-10,12,17,19,28H,11,13-16H2,1-4H3;1H/t17-,19-;/m1./s1. The second-order valence-electron chi connectivity index (χ2n) is 9.74. The van der Waals surface area contributed by atoms with Crippen LogP contribution in [0.15, 0.2) is 42.6 Å². The summed E-state index contributed by atoms with van der Waals surface area (Å²) in [7, 11) is 1.65. The highest BCUT2D eigenvalue weighted by atomic mass is 35.5. The first-order valence-electron chi connectivity index (χ1n) is 11.3. The SMILES string of the molecule is COC[C@H]1CN[C@H](C)CN1CC(=O)N1CC(C)(C)c2cnc(C(F)(F)c3ccccc3)cc21.Cl. The fourth-order valence-electron chi connectivity index (χ4n) is 4.79. The van der Waals surface area contributed by atoms with Crippen LogP contribution in [0.4, 0.5) is 14.5 Å². The summed E-state index contributed by atoms with van der Waals surface area (Å²) in [5.41, 5.74) is 0.491. The van der Waals surface area contributed by atoms with E-state index in [0.717, 1.165) is 18.7 Å². The summed E-state index contributed by atoms with van der Waals surface area (Å²) >= 11 is 0. The van der Waals surface area contributed by atoms with Gasteiger partial charge in [-0.1, -0.05) is 44.2 Å². The molecule has 1 aromatic heterocycles.